The lowest BCUT2D eigenvalue weighted by molar-refractivity contribution is -0.117. The predicted molar refractivity (Wildman–Crippen MR) is 84.5 cm³/mol. The molecule has 6 nitrogen and oxygen atoms in total. The highest BCUT2D eigenvalue weighted by molar-refractivity contribution is 8.00. The van der Waals surface area contributed by atoms with E-state index in [0.717, 1.165) is 17.1 Å². The highest BCUT2D eigenvalue weighted by atomic mass is 32.2. The normalized spacial score (nSPS) is 12.5. The first kappa shape index (κ1) is 14.5. The van der Waals surface area contributed by atoms with Crippen LogP contribution < -0.4 is 5.73 Å². The third kappa shape index (κ3) is 2.67. The Morgan fingerprint density at radius 3 is 2.64 bits per heavy atom. The Bertz CT molecular complexity index is 831. The minimum Gasteiger partial charge on any atom is -0.368 e. The van der Waals surface area contributed by atoms with Crippen molar-refractivity contribution >= 4 is 23.3 Å². The van der Waals surface area contributed by atoms with Crippen LogP contribution >= 0.6 is 11.8 Å². The Labute approximate surface area is 131 Å². The number of thioether (sulfide) groups is 1. The molecule has 1 aromatic carbocycles. The standard InChI is InChI=1S/C15H15N5OS/c1-9-8-12-18-19-15(20(12)10(2)17-9)22-13(14(16)21)11-6-4-3-5-7-11/h3-8,13H,1-2H3,(H2,16,21)/t13-/m0/s1. The molecule has 3 rings (SSSR count). The molecule has 0 spiro atoms. The van der Waals surface area contributed by atoms with Gasteiger partial charge in [-0.15, -0.1) is 10.2 Å². The number of aryl methyl sites for hydroxylation is 2. The van der Waals surface area contributed by atoms with Crippen molar-refractivity contribution in [2.75, 3.05) is 0 Å². The van der Waals surface area contributed by atoms with Gasteiger partial charge in [0.1, 0.15) is 11.1 Å². The number of nitrogens with zero attached hydrogens (tertiary/aromatic N) is 4. The Hall–Kier alpha value is -2.41. The van der Waals surface area contributed by atoms with E-state index >= 15 is 0 Å². The molecule has 0 aliphatic heterocycles. The SMILES string of the molecule is Cc1cc2nnc(S[C@H](C(N)=O)c3ccccc3)n2c(C)n1. The van der Waals surface area contributed by atoms with Crippen LogP contribution in [0.3, 0.4) is 0 Å². The zero-order valence-electron chi connectivity index (χ0n) is 12.2. The summed E-state index contributed by atoms with van der Waals surface area (Å²) < 4.78 is 1.83. The van der Waals surface area contributed by atoms with Crippen molar-refractivity contribution in [1.82, 2.24) is 19.6 Å². The molecule has 3 aromatic rings. The van der Waals surface area contributed by atoms with Gasteiger partial charge >= 0.3 is 0 Å². The van der Waals surface area contributed by atoms with Crippen molar-refractivity contribution < 1.29 is 4.79 Å². The summed E-state index contributed by atoms with van der Waals surface area (Å²) in [4.78, 5) is 16.2. The molecule has 0 saturated heterocycles. The smallest absolute Gasteiger partial charge is 0.235 e. The maximum atomic E-state index is 11.8. The van der Waals surface area contributed by atoms with E-state index in [4.69, 9.17) is 5.73 Å². The van der Waals surface area contributed by atoms with E-state index in [0.29, 0.717) is 10.8 Å². The summed E-state index contributed by atoms with van der Waals surface area (Å²) in [5.41, 5.74) is 7.99. The molecule has 0 aliphatic carbocycles. The van der Waals surface area contributed by atoms with Gasteiger partial charge < -0.3 is 5.73 Å². The summed E-state index contributed by atoms with van der Waals surface area (Å²) in [6.45, 7) is 3.79. The molecule has 7 heteroatoms. The molecule has 0 radical (unpaired) electrons. The maximum absolute atomic E-state index is 11.8. The molecule has 0 bridgehead atoms. The van der Waals surface area contributed by atoms with Crippen LogP contribution in [0.4, 0.5) is 0 Å². The highest BCUT2D eigenvalue weighted by Gasteiger charge is 2.22. The van der Waals surface area contributed by atoms with Crippen LogP contribution in [0.2, 0.25) is 0 Å². The molecular weight excluding hydrogens is 298 g/mol. The third-order valence-corrected chi connectivity index (χ3v) is 4.46. The minimum atomic E-state index is -0.519. The first-order valence-electron chi connectivity index (χ1n) is 6.76. The summed E-state index contributed by atoms with van der Waals surface area (Å²) >= 11 is 1.28. The van der Waals surface area contributed by atoms with E-state index in [9.17, 15) is 4.79 Å². The summed E-state index contributed by atoms with van der Waals surface area (Å²) in [6.07, 6.45) is 0. The molecule has 0 fully saturated rings. The molecule has 2 aromatic heterocycles. The average Bonchev–Trinajstić information content (AvgIpc) is 2.88. The van der Waals surface area contributed by atoms with Crippen LogP contribution in [0.25, 0.3) is 5.65 Å². The van der Waals surface area contributed by atoms with Gasteiger partial charge in [-0.25, -0.2) is 4.98 Å². The number of amides is 1. The summed E-state index contributed by atoms with van der Waals surface area (Å²) in [7, 11) is 0. The van der Waals surface area contributed by atoms with Gasteiger partial charge in [-0.2, -0.15) is 0 Å². The minimum absolute atomic E-state index is 0.411. The monoisotopic (exact) mass is 313 g/mol. The molecule has 112 valence electrons. The number of hydrogen-bond acceptors (Lipinski definition) is 5. The van der Waals surface area contributed by atoms with Crippen molar-refractivity contribution in [3.8, 4) is 0 Å². The number of carbonyl (C=O) groups is 1. The second kappa shape index (κ2) is 5.76. The number of aromatic nitrogens is 4. The zero-order valence-corrected chi connectivity index (χ0v) is 13.0. The van der Waals surface area contributed by atoms with Crippen molar-refractivity contribution in [3.63, 3.8) is 0 Å². The van der Waals surface area contributed by atoms with Crippen molar-refractivity contribution in [3.05, 3.63) is 53.5 Å². The van der Waals surface area contributed by atoms with Gasteiger partial charge in [0, 0.05) is 11.8 Å². The van der Waals surface area contributed by atoms with Crippen LogP contribution in [0.15, 0.2) is 41.6 Å². The lowest BCUT2D eigenvalue weighted by Crippen LogP contribution is -2.19. The van der Waals surface area contributed by atoms with Crippen LogP contribution in [-0.2, 0) is 4.79 Å². The summed E-state index contributed by atoms with van der Waals surface area (Å²) in [5, 5.41) is 8.40. The quantitative estimate of drug-likeness (QED) is 0.745. The van der Waals surface area contributed by atoms with Gasteiger partial charge in [-0.05, 0) is 19.4 Å². The van der Waals surface area contributed by atoms with Crippen molar-refractivity contribution in [2.45, 2.75) is 24.3 Å². The average molecular weight is 313 g/mol. The van der Waals surface area contributed by atoms with Gasteiger partial charge in [-0.1, -0.05) is 42.1 Å². The molecule has 1 amide bonds. The Morgan fingerprint density at radius 2 is 1.95 bits per heavy atom. The van der Waals surface area contributed by atoms with Gasteiger partial charge in [0.15, 0.2) is 10.8 Å². The molecule has 1 atom stereocenters. The molecule has 0 aliphatic rings. The molecule has 0 unspecified atom stereocenters. The molecular formula is C15H15N5OS. The van der Waals surface area contributed by atoms with Crippen molar-refractivity contribution in [1.29, 1.82) is 0 Å². The maximum Gasteiger partial charge on any atom is 0.235 e. The number of hydrogen-bond donors (Lipinski definition) is 1. The first-order chi connectivity index (χ1) is 10.6. The number of rotatable bonds is 4. The Balaban J connectivity index is 2.03. The largest absolute Gasteiger partial charge is 0.368 e. The van der Waals surface area contributed by atoms with Crippen LogP contribution in [-0.4, -0.2) is 25.5 Å². The van der Waals surface area contributed by atoms with Gasteiger partial charge in [-0.3, -0.25) is 9.20 Å². The first-order valence-corrected chi connectivity index (χ1v) is 7.64. The zero-order chi connectivity index (χ0) is 15.7. The number of carbonyl (C=O) groups excluding carboxylic acids is 1. The van der Waals surface area contributed by atoms with Gasteiger partial charge in [0.25, 0.3) is 0 Å². The predicted octanol–water partition coefficient (Wildman–Crippen LogP) is 2.06. The van der Waals surface area contributed by atoms with Crippen LogP contribution in [0.5, 0.6) is 0 Å². The fourth-order valence-corrected chi connectivity index (χ4v) is 3.34. The number of nitrogens with two attached hydrogens (primary N) is 1. The van der Waals surface area contributed by atoms with Gasteiger partial charge in [0.05, 0.1) is 0 Å². The lowest BCUT2D eigenvalue weighted by Gasteiger charge is -2.12. The van der Waals surface area contributed by atoms with E-state index < -0.39 is 11.2 Å². The molecule has 2 heterocycles. The van der Waals surface area contributed by atoms with Crippen LogP contribution in [0, 0.1) is 13.8 Å². The van der Waals surface area contributed by atoms with Gasteiger partial charge in [0.2, 0.25) is 5.91 Å². The molecule has 2 N–H and O–H groups in total. The number of fused-ring (bicyclic) bond motifs is 1. The van der Waals surface area contributed by atoms with E-state index in [1.54, 1.807) is 0 Å². The lowest BCUT2D eigenvalue weighted by atomic mass is 10.1. The van der Waals surface area contributed by atoms with E-state index in [1.165, 1.54) is 11.8 Å². The van der Waals surface area contributed by atoms with E-state index in [-0.39, 0.29) is 0 Å². The number of primary amides is 1. The molecule has 0 saturated carbocycles. The molecule has 22 heavy (non-hydrogen) atoms. The fraction of sp³-hybridized carbons (Fsp3) is 0.200. The Kier molecular flexibility index (Phi) is 3.81. The fourth-order valence-electron chi connectivity index (χ4n) is 2.30. The number of benzene rings is 1. The second-order valence-corrected chi connectivity index (χ2v) is 6.00. The Morgan fingerprint density at radius 1 is 1.23 bits per heavy atom. The van der Waals surface area contributed by atoms with E-state index in [1.807, 2.05) is 54.6 Å². The van der Waals surface area contributed by atoms with Crippen molar-refractivity contribution in [2.24, 2.45) is 5.73 Å². The second-order valence-electron chi connectivity index (χ2n) is 4.93. The van der Waals surface area contributed by atoms with E-state index in [2.05, 4.69) is 15.2 Å². The summed E-state index contributed by atoms with van der Waals surface area (Å²) in [5.74, 6) is 0.365. The topological polar surface area (TPSA) is 86.2 Å². The van der Waals surface area contributed by atoms with Crippen LogP contribution in [0.1, 0.15) is 22.3 Å². The summed E-state index contributed by atoms with van der Waals surface area (Å²) in [6, 6.07) is 11.3. The third-order valence-electron chi connectivity index (χ3n) is 3.24. The highest BCUT2D eigenvalue weighted by Crippen LogP contribution is 2.34.